The van der Waals surface area contributed by atoms with Crippen LogP contribution in [0.2, 0.25) is 5.02 Å². The van der Waals surface area contributed by atoms with Gasteiger partial charge in [0, 0.05) is 16.2 Å². The van der Waals surface area contributed by atoms with Crippen LogP contribution in [-0.4, -0.2) is 6.61 Å². The Morgan fingerprint density at radius 1 is 0.853 bits per heavy atom. The predicted octanol–water partition coefficient (Wildman–Crippen LogP) is 8.34. The van der Waals surface area contributed by atoms with Gasteiger partial charge in [-0.15, -0.1) is 11.3 Å². The van der Waals surface area contributed by atoms with Crippen molar-refractivity contribution in [3.63, 3.8) is 0 Å². The maximum Gasteiger partial charge on any atom is 0.197 e. The van der Waals surface area contributed by atoms with E-state index in [-0.39, 0.29) is 16.3 Å². The van der Waals surface area contributed by atoms with Gasteiger partial charge in [-0.2, -0.15) is 0 Å². The quantitative estimate of drug-likeness (QED) is 0.127. The largest absolute Gasteiger partial charge is 0.492 e. The molecule has 0 aliphatic rings. The van der Waals surface area contributed by atoms with Crippen molar-refractivity contribution < 1.29 is 4.74 Å². The molecule has 0 bridgehead atoms. The first-order valence-electron chi connectivity index (χ1n) is 11.3. The topological polar surface area (TPSA) is 26.3 Å². The van der Waals surface area contributed by atoms with E-state index in [1.54, 1.807) is 17.4 Å². The summed E-state index contributed by atoms with van der Waals surface area (Å²) in [5.41, 5.74) is -0.0405. The van der Waals surface area contributed by atoms with Gasteiger partial charge in [0.1, 0.15) is 5.75 Å². The Hall–Kier alpha value is -2.79. The van der Waals surface area contributed by atoms with Crippen molar-refractivity contribution in [1.29, 1.82) is 0 Å². The van der Waals surface area contributed by atoms with E-state index >= 15 is 0 Å². The number of benzene rings is 4. The van der Waals surface area contributed by atoms with Gasteiger partial charge < -0.3 is 4.74 Å². The van der Waals surface area contributed by atoms with E-state index in [1.165, 1.54) is 9.79 Å². The van der Waals surface area contributed by atoms with E-state index in [9.17, 15) is 4.79 Å². The van der Waals surface area contributed by atoms with Gasteiger partial charge >= 0.3 is 0 Å². The number of rotatable bonds is 7. The first-order valence-corrected chi connectivity index (χ1v) is 13.8. The highest BCUT2D eigenvalue weighted by atomic mass is 35.5. The molecule has 5 aromatic rings. The Kier molecular flexibility index (Phi) is 6.91. The molecule has 0 radical (unpaired) electrons. The van der Waals surface area contributed by atoms with Crippen LogP contribution in [0, 0.1) is 0 Å². The summed E-state index contributed by atoms with van der Waals surface area (Å²) in [6, 6.07) is 30.8. The van der Waals surface area contributed by atoms with Crippen molar-refractivity contribution in [3.05, 3.63) is 106 Å². The number of unbranched alkanes of at least 4 members (excludes halogenated alkanes) is 1. The molecule has 0 atom stereocenters. The van der Waals surface area contributed by atoms with Crippen molar-refractivity contribution in [2.45, 2.75) is 34.5 Å². The highest BCUT2D eigenvalue weighted by Crippen LogP contribution is 2.38. The Labute approximate surface area is 211 Å². The molecule has 4 aromatic carbocycles. The minimum absolute atomic E-state index is 0.0405. The molecule has 0 amide bonds. The van der Waals surface area contributed by atoms with Gasteiger partial charge in [0.05, 0.1) is 32.6 Å². The lowest BCUT2D eigenvalue weighted by Crippen LogP contribution is -2.07. The van der Waals surface area contributed by atoms with Crippen LogP contribution >= 0.6 is 22.9 Å². The molecule has 2 nitrogen and oxygen atoms in total. The van der Waals surface area contributed by atoms with Crippen molar-refractivity contribution in [1.82, 2.24) is 0 Å². The van der Waals surface area contributed by atoms with E-state index in [1.807, 2.05) is 18.2 Å². The summed E-state index contributed by atoms with van der Waals surface area (Å²) in [5, 5.41) is 1.72. The summed E-state index contributed by atoms with van der Waals surface area (Å²) >= 11 is 8.11. The van der Waals surface area contributed by atoms with E-state index in [2.05, 4.69) is 73.7 Å². The molecule has 34 heavy (non-hydrogen) atoms. The monoisotopic (exact) mass is 503 g/mol. The fourth-order valence-corrected chi connectivity index (χ4v) is 7.53. The maximum atomic E-state index is 13.7. The highest BCUT2D eigenvalue weighted by Gasteiger charge is 2.29. The molecule has 0 N–H and O–H groups in total. The molecule has 170 valence electrons. The smallest absolute Gasteiger partial charge is 0.197 e. The number of fused-ring (bicyclic) bond motifs is 2. The lowest BCUT2D eigenvalue weighted by Gasteiger charge is -2.11. The molecule has 5 heteroatoms. The van der Waals surface area contributed by atoms with Crippen LogP contribution in [0.1, 0.15) is 19.8 Å². The Morgan fingerprint density at radius 2 is 1.53 bits per heavy atom. The number of ether oxygens (including phenoxy) is 1. The van der Waals surface area contributed by atoms with E-state index in [4.69, 9.17) is 16.3 Å². The second-order valence-corrected chi connectivity index (χ2v) is 11.5. The average Bonchev–Trinajstić information content (AvgIpc) is 2.87. The Balaban J connectivity index is 1.70. The molecule has 0 saturated carbocycles. The first-order chi connectivity index (χ1) is 16.7. The van der Waals surface area contributed by atoms with Gasteiger partial charge in [0.2, 0.25) is 0 Å². The van der Waals surface area contributed by atoms with Crippen LogP contribution in [0.4, 0.5) is 0 Å². The summed E-state index contributed by atoms with van der Waals surface area (Å²) in [4.78, 5) is 17.3. The van der Waals surface area contributed by atoms with Gasteiger partial charge in [0.25, 0.3) is 0 Å². The molecule has 0 aliphatic carbocycles. The Morgan fingerprint density at radius 3 is 2.18 bits per heavy atom. The molecule has 0 fully saturated rings. The standard InChI is InChI=1S/C29H24ClO2S2/c1-2-3-18-32-25-16-15-24(30)27-28(31)23-19-22(14-17-26(23)33-29(25)27)34(20-10-6-4-7-11-20)21-12-8-5-9-13-21/h4-17,19H,2-3,18H2,1H3/q+1. The minimum atomic E-state index is -0.320. The molecular weight excluding hydrogens is 480 g/mol. The van der Waals surface area contributed by atoms with Gasteiger partial charge in [0.15, 0.2) is 20.1 Å². The van der Waals surface area contributed by atoms with Crippen LogP contribution < -0.4 is 10.2 Å². The molecule has 0 unspecified atom stereocenters. The predicted molar refractivity (Wildman–Crippen MR) is 146 cm³/mol. The summed E-state index contributed by atoms with van der Waals surface area (Å²) < 4.78 is 7.77. The van der Waals surface area contributed by atoms with Crippen LogP contribution in [0.5, 0.6) is 5.75 Å². The third-order valence-electron chi connectivity index (χ3n) is 5.65. The van der Waals surface area contributed by atoms with E-state index < -0.39 is 0 Å². The second kappa shape index (κ2) is 10.2. The maximum absolute atomic E-state index is 13.7. The minimum Gasteiger partial charge on any atom is -0.492 e. The fourth-order valence-electron chi connectivity index (χ4n) is 3.96. The molecule has 0 saturated heterocycles. The zero-order valence-corrected chi connectivity index (χ0v) is 21.2. The van der Waals surface area contributed by atoms with Crippen LogP contribution in [-0.2, 0) is 10.9 Å². The highest BCUT2D eigenvalue weighted by molar-refractivity contribution is 7.97. The number of hydrogen-bond donors (Lipinski definition) is 0. The van der Waals surface area contributed by atoms with E-state index in [0.717, 1.165) is 32.9 Å². The SMILES string of the molecule is CCCCOc1ccc(Cl)c2c(=O)c3cc([S+](c4ccccc4)c4ccccc4)ccc3sc12. The van der Waals surface area contributed by atoms with Crippen LogP contribution in [0.25, 0.3) is 20.2 Å². The summed E-state index contributed by atoms with van der Waals surface area (Å²) in [5.74, 6) is 0.731. The van der Waals surface area contributed by atoms with Crippen molar-refractivity contribution in [2.24, 2.45) is 0 Å². The molecule has 0 spiro atoms. The van der Waals surface area contributed by atoms with Gasteiger partial charge in [-0.1, -0.05) is 61.3 Å². The average molecular weight is 504 g/mol. The zero-order valence-electron chi connectivity index (χ0n) is 18.8. The zero-order chi connectivity index (χ0) is 23.5. The van der Waals surface area contributed by atoms with Crippen molar-refractivity contribution in [2.75, 3.05) is 6.61 Å². The lowest BCUT2D eigenvalue weighted by molar-refractivity contribution is 0.313. The first kappa shape index (κ1) is 23.0. The third kappa shape index (κ3) is 4.46. The van der Waals surface area contributed by atoms with Gasteiger partial charge in [-0.25, -0.2) is 0 Å². The summed E-state index contributed by atoms with van der Waals surface area (Å²) in [6.07, 6.45) is 2.02. The van der Waals surface area contributed by atoms with Crippen molar-refractivity contribution in [3.8, 4) is 5.75 Å². The summed E-state index contributed by atoms with van der Waals surface area (Å²) in [7, 11) is -0.320. The van der Waals surface area contributed by atoms with Gasteiger partial charge in [-0.3, -0.25) is 4.79 Å². The lowest BCUT2D eigenvalue weighted by atomic mass is 10.2. The van der Waals surface area contributed by atoms with Gasteiger partial charge in [-0.05, 0) is 55.0 Å². The number of halogens is 1. The second-order valence-electron chi connectivity index (χ2n) is 7.97. The summed E-state index contributed by atoms with van der Waals surface area (Å²) in [6.45, 7) is 2.76. The fraction of sp³-hybridized carbons (Fsp3) is 0.138. The number of hydrogen-bond acceptors (Lipinski definition) is 3. The van der Waals surface area contributed by atoms with E-state index in [0.29, 0.717) is 22.4 Å². The van der Waals surface area contributed by atoms with Crippen LogP contribution in [0.15, 0.2) is 110 Å². The normalized spacial score (nSPS) is 11.4. The van der Waals surface area contributed by atoms with Crippen LogP contribution in [0.3, 0.4) is 0 Å². The molecule has 5 rings (SSSR count). The molecule has 0 aliphatic heterocycles. The van der Waals surface area contributed by atoms with Crippen molar-refractivity contribution >= 4 is 54.0 Å². The molecule has 1 heterocycles. The molecular formula is C29H24ClO2S2+. The molecule has 1 aromatic heterocycles. The Bertz CT molecular complexity index is 1460. The third-order valence-corrected chi connectivity index (χ3v) is 9.37.